The van der Waals surface area contributed by atoms with Crippen LogP contribution in [-0.4, -0.2) is 84.0 Å². The Bertz CT molecular complexity index is 1090. The molecule has 4 rings (SSSR count). The van der Waals surface area contributed by atoms with Gasteiger partial charge in [-0.05, 0) is 51.4 Å². The standard InChI is InChI=1S/C25H31ClN6O3/c1-17-6-4-7-18(2)22(17)35-24-20(15-27)23(32-12-10-31(11-13-32)21(33)14-26)28-25(29-24)34-16-19-8-5-9-30(19)3/h4,6-7,19H,5,8-14,16H2,1-3H3/t19-/m0/s1. The van der Waals surface area contributed by atoms with E-state index in [2.05, 4.69) is 28.0 Å². The van der Waals surface area contributed by atoms with Crippen molar-refractivity contribution in [1.82, 2.24) is 19.8 Å². The van der Waals surface area contributed by atoms with Crippen molar-refractivity contribution in [3.8, 4) is 23.7 Å². The Kier molecular flexibility index (Phi) is 7.93. The molecule has 3 heterocycles. The van der Waals surface area contributed by atoms with E-state index in [1.165, 1.54) is 0 Å². The van der Waals surface area contributed by atoms with Gasteiger partial charge >= 0.3 is 6.01 Å². The van der Waals surface area contributed by atoms with E-state index in [-0.39, 0.29) is 29.2 Å². The molecule has 0 bridgehead atoms. The van der Waals surface area contributed by atoms with E-state index in [0.717, 1.165) is 30.5 Å². The number of hydrogen-bond donors (Lipinski definition) is 0. The normalized spacial score (nSPS) is 18.4. The number of likely N-dealkylation sites (N-methyl/N-ethyl adjacent to an activating group) is 1. The van der Waals surface area contributed by atoms with Crippen LogP contribution in [0, 0.1) is 25.2 Å². The van der Waals surface area contributed by atoms with Gasteiger partial charge in [-0.25, -0.2) is 0 Å². The van der Waals surface area contributed by atoms with Gasteiger partial charge in [-0.1, -0.05) is 18.2 Å². The van der Waals surface area contributed by atoms with Crippen LogP contribution < -0.4 is 14.4 Å². The number of piperazine rings is 1. The van der Waals surface area contributed by atoms with Gasteiger partial charge < -0.3 is 24.2 Å². The van der Waals surface area contributed by atoms with Crippen LogP contribution in [0.15, 0.2) is 18.2 Å². The SMILES string of the molecule is Cc1cccc(C)c1Oc1nc(OC[C@@H]2CCCN2C)nc(N2CCN(C(=O)CCl)CC2)c1C#N. The van der Waals surface area contributed by atoms with Crippen molar-refractivity contribution in [2.45, 2.75) is 32.7 Å². The second-order valence-electron chi connectivity index (χ2n) is 9.03. The topological polar surface area (TPSA) is 94.8 Å². The molecule has 0 unspecified atom stereocenters. The number of likely N-dealkylation sites (tertiary alicyclic amines) is 1. The molecule has 35 heavy (non-hydrogen) atoms. The molecular weight excluding hydrogens is 468 g/mol. The highest BCUT2D eigenvalue weighted by Gasteiger charge is 2.28. The summed E-state index contributed by atoms with van der Waals surface area (Å²) < 4.78 is 12.3. The number of hydrogen-bond acceptors (Lipinski definition) is 8. The second-order valence-corrected chi connectivity index (χ2v) is 9.30. The molecule has 0 aliphatic carbocycles. The average Bonchev–Trinajstić information content (AvgIpc) is 3.28. The number of aryl methyl sites for hydroxylation is 2. The van der Waals surface area contributed by atoms with Gasteiger partial charge in [-0.2, -0.15) is 15.2 Å². The Hall–Kier alpha value is -3.09. The van der Waals surface area contributed by atoms with E-state index in [0.29, 0.717) is 50.4 Å². The minimum Gasteiger partial charge on any atom is -0.462 e. The molecule has 186 valence electrons. The average molecular weight is 499 g/mol. The van der Waals surface area contributed by atoms with E-state index in [9.17, 15) is 10.1 Å². The maximum Gasteiger partial charge on any atom is 0.321 e. The molecule has 0 saturated carbocycles. The lowest BCUT2D eigenvalue weighted by Crippen LogP contribution is -2.49. The van der Waals surface area contributed by atoms with Crippen molar-refractivity contribution in [3.05, 3.63) is 34.9 Å². The highest BCUT2D eigenvalue weighted by atomic mass is 35.5. The van der Waals surface area contributed by atoms with Crippen molar-refractivity contribution >= 4 is 23.3 Å². The van der Waals surface area contributed by atoms with Crippen molar-refractivity contribution < 1.29 is 14.3 Å². The summed E-state index contributed by atoms with van der Waals surface area (Å²) in [5, 5.41) is 10.1. The lowest BCUT2D eigenvalue weighted by atomic mass is 10.1. The number of carbonyl (C=O) groups excluding carboxylic acids is 1. The lowest BCUT2D eigenvalue weighted by Gasteiger charge is -2.35. The molecule has 1 aromatic carbocycles. The molecule has 1 atom stereocenters. The number of nitriles is 1. The number of ether oxygens (including phenoxy) is 2. The molecule has 1 amide bonds. The summed E-state index contributed by atoms with van der Waals surface area (Å²) in [6, 6.07) is 8.59. The van der Waals surface area contributed by atoms with E-state index in [1.54, 1.807) is 4.90 Å². The first-order valence-corrected chi connectivity index (χ1v) is 12.4. The maximum absolute atomic E-state index is 12.0. The van der Waals surface area contributed by atoms with Crippen LogP contribution in [0.2, 0.25) is 0 Å². The van der Waals surface area contributed by atoms with Crippen molar-refractivity contribution in [2.75, 3.05) is 57.2 Å². The Balaban J connectivity index is 1.66. The van der Waals surface area contributed by atoms with Gasteiger partial charge in [0, 0.05) is 32.2 Å². The summed E-state index contributed by atoms with van der Waals surface area (Å²) in [4.78, 5) is 27.1. The summed E-state index contributed by atoms with van der Waals surface area (Å²) >= 11 is 5.72. The minimum absolute atomic E-state index is 0.0433. The minimum atomic E-state index is -0.0988. The van der Waals surface area contributed by atoms with Crippen molar-refractivity contribution in [2.24, 2.45) is 0 Å². The number of para-hydroxylation sites is 1. The zero-order chi connectivity index (χ0) is 24.9. The van der Waals surface area contributed by atoms with E-state index < -0.39 is 0 Å². The Morgan fingerprint density at radius 3 is 2.49 bits per heavy atom. The molecule has 10 heteroatoms. The number of rotatable bonds is 7. The predicted octanol–water partition coefficient (Wildman–Crippen LogP) is 3.12. The van der Waals surface area contributed by atoms with Crippen LogP contribution in [0.25, 0.3) is 0 Å². The van der Waals surface area contributed by atoms with Gasteiger partial charge in [-0.15, -0.1) is 11.6 Å². The lowest BCUT2D eigenvalue weighted by molar-refractivity contribution is -0.128. The summed E-state index contributed by atoms with van der Waals surface area (Å²) in [6.07, 6.45) is 2.19. The fraction of sp³-hybridized carbons (Fsp3) is 0.520. The first kappa shape index (κ1) is 25.0. The van der Waals surface area contributed by atoms with Crippen molar-refractivity contribution in [3.63, 3.8) is 0 Å². The first-order chi connectivity index (χ1) is 16.9. The molecule has 2 aromatic rings. The number of nitrogens with zero attached hydrogens (tertiary/aromatic N) is 6. The number of amides is 1. The third-order valence-corrected chi connectivity index (χ3v) is 6.91. The molecular formula is C25H31ClN6O3. The quantitative estimate of drug-likeness (QED) is 0.537. The number of carbonyl (C=O) groups is 1. The molecule has 2 saturated heterocycles. The predicted molar refractivity (Wildman–Crippen MR) is 133 cm³/mol. The number of alkyl halides is 1. The summed E-state index contributed by atoms with van der Waals surface area (Å²) in [7, 11) is 2.09. The van der Waals surface area contributed by atoms with E-state index in [1.807, 2.05) is 36.9 Å². The monoisotopic (exact) mass is 498 g/mol. The Morgan fingerprint density at radius 1 is 1.17 bits per heavy atom. The Labute approximate surface area is 211 Å². The van der Waals surface area contributed by atoms with Gasteiger partial charge in [0.25, 0.3) is 0 Å². The second kappa shape index (κ2) is 11.1. The summed E-state index contributed by atoms with van der Waals surface area (Å²) in [5.74, 6) is 1.14. The first-order valence-electron chi connectivity index (χ1n) is 11.9. The highest BCUT2D eigenvalue weighted by molar-refractivity contribution is 6.27. The van der Waals surface area contributed by atoms with Crippen LogP contribution in [-0.2, 0) is 4.79 Å². The number of halogens is 1. The molecule has 0 N–H and O–H groups in total. The molecule has 2 fully saturated rings. The van der Waals surface area contributed by atoms with Crippen LogP contribution in [0.1, 0.15) is 29.5 Å². The van der Waals surface area contributed by atoms with Crippen LogP contribution in [0.5, 0.6) is 17.6 Å². The van der Waals surface area contributed by atoms with E-state index in [4.69, 9.17) is 21.1 Å². The fourth-order valence-corrected chi connectivity index (χ4v) is 4.71. The van der Waals surface area contributed by atoms with E-state index >= 15 is 0 Å². The number of anilines is 1. The van der Waals surface area contributed by atoms with Gasteiger partial charge in [0.2, 0.25) is 11.8 Å². The summed E-state index contributed by atoms with van der Waals surface area (Å²) in [5.41, 5.74) is 2.13. The molecule has 0 radical (unpaired) electrons. The third-order valence-electron chi connectivity index (χ3n) is 6.68. The fourth-order valence-electron chi connectivity index (χ4n) is 4.54. The molecule has 2 aliphatic heterocycles. The third kappa shape index (κ3) is 5.60. The zero-order valence-electron chi connectivity index (χ0n) is 20.5. The number of aromatic nitrogens is 2. The van der Waals surface area contributed by atoms with Gasteiger partial charge in [0.15, 0.2) is 11.4 Å². The summed E-state index contributed by atoms with van der Waals surface area (Å²) in [6.45, 7) is 7.44. The molecule has 0 spiro atoms. The maximum atomic E-state index is 12.0. The molecule has 9 nitrogen and oxygen atoms in total. The van der Waals surface area contributed by atoms with Crippen LogP contribution in [0.3, 0.4) is 0 Å². The van der Waals surface area contributed by atoms with Crippen molar-refractivity contribution in [1.29, 1.82) is 5.26 Å². The smallest absolute Gasteiger partial charge is 0.321 e. The number of benzene rings is 1. The van der Waals surface area contributed by atoms with Crippen LogP contribution in [0.4, 0.5) is 5.82 Å². The molecule has 1 aromatic heterocycles. The van der Waals surface area contributed by atoms with Gasteiger partial charge in [0.05, 0.1) is 0 Å². The zero-order valence-corrected chi connectivity index (χ0v) is 21.2. The molecule has 2 aliphatic rings. The highest BCUT2D eigenvalue weighted by Crippen LogP contribution is 2.34. The van der Waals surface area contributed by atoms with Gasteiger partial charge in [-0.3, -0.25) is 4.79 Å². The van der Waals surface area contributed by atoms with Crippen LogP contribution >= 0.6 is 11.6 Å². The Morgan fingerprint density at radius 2 is 1.89 bits per heavy atom. The van der Waals surface area contributed by atoms with Gasteiger partial charge in [0.1, 0.15) is 24.3 Å². The largest absolute Gasteiger partial charge is 0.462 e.